The molecule has 28 heavy (non-hydrogen) atoms. The first-order valence-electron chi connectivity index (χ1n) is 9.53. The fraction of sp³-hybridized carbons (Fsp3) is 0.217. The zero-order valence-electron chi connectivity index (χ0n) is 15.5. The third-order valence-electron chi connectivity index (χ3n) is 5.68. The molecule has 2 aliphatic rings. The molecule has 2 atom stereocenters. The first kappa shape index (κ1) is 17.3. The van der Waals surface area contributed by atoms with Crippen LogP contribution in [0.25, 0.3) is 5.69 Å². The molecule has 2 aromatic carbocycles. The molecule has 0 amide bonds. The summed E-state index contributed by atoms with van der Waals surface area (Å²) in [5.41, 5.74) is 5.09. The van der Waals surface area contributed by atoms with E-state index >= 15 is 0 Å². The van der Waals surface area contributed by atoms with Crippen LogP contribution < -0.4 is 5.32 Å². The predicted octanol–water partition coefficient (Wildman–Crippen LogP) is 5.25. The fourth-order valence-corrected chi connectivity index (χ4v) is 4.57. The summed E-state index contributed by atoms with van der Waals surface area (Å²) in [6.07, 6.45) is 3.52. The molecule has 1 aromatic heterocycles. The number of rotatable bonds is 2. The van der Waals surface area contributed by atoms with Crippen LogP contribution in [0, 0.1) is 12.8 Å². The van der Waals surface area contributed by atoms with Crippen molar-refractivity contribution in [3.05, 3.63) is 88.2 Å². The quantitative estimate of drug-likeness (QED) is 0.650. The van der Waals surface area contributed by atoms with Crippen LogP contribution in [0.1, 0.15) is 35.6 Å². The number of hydrogen-bond donors (Lipinski definition) is 1. The van der Waals surface area contributed by atoms with Gasteiger partial charge in [-0.15, -0.1) is 0 Å². The first-order chi connectivity index (χ1) is 13.6. The van der Waals surface area contributed by atoms with Crippen molar-refractivity contribution in [1.29, 1.82) is 0 Å². The number of nitrogens with one attached hydrogen (secondary N) is 1. The van der Waals surface area contributed by atoms with E-state index in [2.05, 4.69) is 11.4 Å². The van der Waals surface area contributed by atoms with Gasteiger partial charge in [0.2, 0.25) is 0 Å². The van der Waals surface area contributed by atoms with Gasteiger partial charge in [0.25, 0.3) is 0 Å². The van der Waals surface area contributed by atoms with Gasteiger partial charge < -0.3 is 5.32 Å². The van der Waals surface area contributed by atoms with Gasteiger partial charge in [0.1, 0.15) is 11.6 Å². The van der Waals surface area contributed by atoms with Gasteiger partial charge in [-0.3, -0.25) is 4.79 Å². The Morgan fingerprint density at radius 3 is 2.57 bits per heavy atom. The van der Waals surface area contributed by atoms with E-state index in [1.54, 1.807) is 0 Å². The number of aryl methyl sites for hydroxylation is 1. The van der Waals surface area contributed by atoms with Crippen molar-refractivity contribution in [1.82, 2.24) is 9.78 Å². The second kappa shape index (κ2) is 6.64. The smallest absolute Gasteiger partial charge is 0.143 e. The molecule has 0 saturated carbocycles. The summed E-state index contributed by atoms with van der Waals surface area (Å²) in [6, 6.07) is 17.9. The summed E-state index contributed by atoms with van der Waals surface area (Å²) in [7, 11) is 0. The number of para-hydroxylation sites is 1. The highest BCUT2D eigenvalue weighted by Gasteiger charge is 2.42. The lowest BCUT2D eigenvalue weighted by atomic mass is 9.72. The van der Waals surface area contributed by atoms with Gasteiger partial charge in [-0.25, -0.2) is 4.68 Å². The zero-order chi connectivity index (χ0) is 19.3. The van der Waals surface area contributed by atoms with Crippen LogP contribution in [0.15, 0.2) is 66.4 Å². The number of carbonyl (C=O) groups is 1. The lowest BCUT2D eigenvalue weighted by molar-refractivity contribution is -0.122. The van der Waals surface area contributed by atoms with Gasteiger partial charge in [-0.2, -0.15) is 5.10 Å². The van der Waals surface area contributed by atoms with Crippen LogP contribution in [0.5, 0.6) is 0 Å². The van der Waals surface area contributed by atoms with Crippen molar-refractivity contribution in [2.45, 2.75) is 25.7 Å². The largest absolute Gasteiger partial charge is 0.343 e. The lowest BCUT2D eigenvalue weighted by Crippen LogP contribution is -2.35. The van der Waals surface area contributed by atoms with Crippen LogP contribution >= 0.6 is 11.6 Å². The van der Waals surface area contributed by atoms with Crippen LogP contribution in [0.2, 0.25) is 5.02 Å². The molecule has 0 radical (unpaired) electrons. The third kappa shape index (κ3) is 2.68. The number of benzene rings is 2. The number of halogens is 1. The summed E-state index contributed by atoms with van der Waals surface area (Å²) in [5.74, 6) is 0.961. The number of hydrogen-bond acceptors (Lipinski definition) is 3. The van der Waals surface area contributed by atoms with Gasteiger partial charge in [0, 0.05) is 28.6 Å². The highest BCUT2D eigenvalue weighted by Crippen LogP contribution is 2.48. The highest BCUT2D eigenvalue weighted by atomic mass is 35.5. The van der Waals surface area contributed by atoms with Crippen molar-refractivity contribution in [3.8, 4) is 5.69 Å². The fourth-order valence-electron chi connectivity index (χ4n) is 4.44. The number of allylic oxidation sites excluding steroid dienone is 2. The average molecular weight is 390 g/mol. The molecule has 0 unspecified atom stereocenters. The summed E-state index contributed by atoms with van der Waals surface area (Å²) in [6.45, 7) is 2.02. The number of aromatic nitrogens is 2. The maximum atomic E-state index is 12.9. The monoisotopic (exact) mass is 389 g/mol. The normalized spacial score (nSPS) is 20.8. The van der Waals surface area contributed by atoms with Gasteiger partial charge >= 0.3 is 0 Å². The van der Waals surface area contributed by atoms with E-state index in [0.717, 1.165) is 40.4 Å². The maximum Gasteiger partial charge on any atom is 0.143 e. The summed E-state index contributed by atoms with van der Waals surface area (Å²) in [5, 5.41) is 9.07. The van der Waals surface area contributed by atoms with E-state index in [1.165, 1.54) is 0 Å². The lowest BCUT2D eigenvalue weighted by Gasteiger charge is -2.36. The molecule has 1 aliphatic heterocycles. The summed E-state index contributed by atoms with van der Waals surface area (Å²) in [4.78, 5) is 12.9. The molecule has 5 heteroatoms. The van der Waals surface area contributed by atoms with Gasteiger partial charge in [0.05, 0.1) is 17.3 Å². The Balaban J connectivity index is 1.75. The summed E-state index contributed by atoms with van der Waals surface area (Å²) >= 11 is 6.13. The van der Waals surface area contributed by atoms with Crippen LogP contribution in [0.3, 0.4) is 0 Å². The number of fused-ring (bicyclic) bond motifs is 2. The minimum Gasteiger partial charge on any atom is -0.343 e. The van der Waals surface area contributed by atoms with E-state index in [9.17, 15) is 4.79 Å². The molecule has 0 saturated heterocycles. The second-order valence-electron chi connectivity index (χ2n) is 7.39. The van der Waals surface area contributed by atoms with Crippen LogP contribution in [0.4, 0.5) is 5.82 Å². The number of Topliss-reactive ketones (excluding diaryl/α,β-unsaturated/α-hetero) is 1. The Morgan fingerprint density at radius 1 is 1.07 bits per heavy atom. The van der Waals surface area contributed by atoms with Crippen molar-refractivity contribution in [2.24, 2.45) is 5.92 Å². The standard InChI is InChI=1S/C23H20ClN3O/c1-14-20-21(15-10-12-16(24)13-11-15)22-18(8-5-9-19(22)28)25-23(20)27(26-14)17-6-3-2-4-7-17/h2-4,6-8,10-13,21-22,25H,5,9H2,1H3/t21-,22+/m0/s1. The molecule has 140 valence electrons. The van der Waals surface area contributed by atoms with Crippen molar-refractivity contribution in [2.75, 3.05) is 5.32 Å². The number of anilines is 1. The third-order valence-corrected chi connectivity index (χ3v) is 5.93. The number of carbonyl (C=O) groups excluding carboxylic acids is 1. The van der Waals surface area contributed by atoms with Gasteiger partial charge in [-0.05, 0) is 43.2 Å². The minimum absolute atomic E-state index is 0.0648. The zero-order valence-corrected chi connectivity index (χ0v) is 16.3. The Morgan fingerprint density at radius 2 is 1.82 bits per heavy atom. The Labute approximate surface area is 168 Å². The molecule has 4 nitrogen and oxygen atoms in total. The van der Waals surface area contributed by atoms with E-state index in [0.29, 0.717) is 11.4 Å². The Hall–Kier alpha value is -2.85. The molecule has 0 bridgehead atoms. The minimum atomic E-state index is -0.199. The number of nitrogens with zero attached hydrogens (tertiary/aromatic N) is 2. The second-order valence-corrected chi connectivity index (χ2v) is 7.83. The molecule has 5 rings (SSSR count). The van der Waals surface area contributed by atoms with Crippen LogP contribution in [-0.2, 0) is 4.79 Å². The first-order valence-corrected chi connectivity index (χ1v) is 9.91. The van der Waals surface area contributed by atoms with Crippen LogP contribution in [-0.4, -0.2) is 15.6 Å². The SMILES string of the molecule is Cc1nn(-c2ccccc2)c2c1[C@H](c1ccc(Cl)cc1)[C@H]1C(=O)CCC=C1N2. The predicted molar refractivity (Wildman–Crippen MR) is 111 cm³/mol. The highest BCUT2D eigenvalue weighted by molar-refractivity contribution is 6.30. The average Bonchev–Trinajstić information content (AvgIpc) is 3.04. The van der Waals surface area contributed by atoms with E-state index in [4.69, 9.17) is 16.7 Å². The molecule has 3 aromatic rings. The molecular formula is C23H20ClN3O. The van der Waals surface area contributed by atoms with Crippen molar-refractivity contribution < 1.29 is 4.79 Å². The molecule has 0 spiro atoms. The van der Waals surface area contributed by atoms with E-state index < -0.39 is 0 Å². The summed E-state index contributed by atoms with van der Waals surface area (Å²) < 4.78 is 1.95. The number of ketones is 1. The molecule has 1 aliphatic carbocycles. The van der Waals surface area contributed by atoms with Crippen molar-refractivity contribution in [3.63, 3.8) is 0 Å². The van der Waals surface area contributed by atoms with E-state index in [-0.39, 0.29) is 17.6 Å². The Kier molecular flexibility index (Phi) is 4.09. The Bertz CT molecular complexity index is 1080. The molecule has 2 heterocycles. The van der Waals surface area contributed by atoms with Gasteiger partial charge in [0.15, 0.2) is 0 Å². The van der Waals surface area contributed by atoms with E-state index in [1.807, 2.05) is 66.2 Å². The topological polar surface area (TPSA) is 46.9 Å². The van der Waals surface area contributed by atoms with Gasteiger partial charge in [-0.1, -0.05) is 48.0 Å². The maximum absolute atomic E-state index is 12.9. The molecule has 0 fully saturated rings. The molecule has 1 N–H and O–H groups in total. The molecular weight excluding hydrogens is 370 g/mol. The van der Waals surface area contributed by atoms with Crippen molar-refractivity contribution >= 4 is 23.2 Å².